The molecule has 0 aromatic carbocycles. The van der Waals surface area contributed by atoms with E-state index >= 15 is 0 Å². The van der Waals surface area contributed by atoms with Gasteiger partial charge in [0.25, 0.3) is 0 Å². The number of carboxylic acids is 1. The lowest BCUT2D eigenvalue weighted by molar-refractivity contribution is -0.145. The fraction of sp³-hybridized carbons (Fsp3) is 0.933. The molecule has 0 aliphatic carbocycles. The van der Waals surface area contributed by atoms with E-state index in [2.05, 4.69) is 31.0 Å². The number of rotatable bonds is 8. The molecule has 1 unspecified atom stereocenters. The van der Waals surface area contributed by atoms with Crippen LogP contribution in [0.4, 0.5) is 0 Å². The van der Waals surface area contributed by atoms with Gasteiger partial charge in [0.2, 0.25) is 0 Å². The lowest BCUT2D eigenvalue weighted by Crippen LogP contribution is -2.57. The molecule has 112 valence electrons. The van der Waals surface area contributed by atoms with Crippen LogP contribution in [-0.4, -0.2) is 47.7 Å². The Kier molecular flexibility index (Phi) is 5.81. The van der Waals surface area contributed by atoms with E-state index in [0.29, 0.717) is 12.0 Å². The van der Waals surface area contributed by atoms with E-state index in [-0.39, 0.29) is 0 Å². The molecule has 0 saturated carbocycles. The van der Waals surface area contributed by atoms with Crippen LogP contribution in [0.1, 0.15) is 53.4 Å². The highest BCUT2D eigenvalue weighted by molar-refractivity contribution is 5.78. The van der Waals surface area contributed by atoms with Gasteiger partial charge in [0.1, 0.15) is 5.54 Å². The molecule has 0 bridgehead atoms. The zero-order valence-electron chi connectivity index (χ0n) is 13.0. The molecular weight excluding hydrogens is 240 g/mol. The van der Waals surface area contributed by atoms with Crippen molar-refractivity contribution in [1.29, 1.82) is 0 Å². The summed E-state index contributed by atoms with van der Waals surface area (Å²) in [5.74, 6) is -0.744. The second kappa shape index (κ2) is 6.71. The zero-order chi connectivity index (χ0) is 14.5. The SMILES string of the molecule is CCCNC(C)(CN1CCC(CC)(CC)C1)C(=O)O. The van der Waals surface area contributed by atoms with Gasteiger partial charge in [-0.25, -0.2) is 0 Å². The fourth-order valence-electron chi connectivity index (χ4n) is 3.04. The van der Waals surface area contributed by atoms with Gasteiger partial charge >= 0.3 is 5.97 Å². The van der Waals surface area contributed by atoms with Crippen molar-refractivity contribution in [2.45, 2.75) is 58.9 Å². The molecule has 0 aromatic heterocycles. The quantitative estimate of drug-likeness (QED) is 0.711. The highest BCUT2D eigenvalue weighted by atomic mass is 16.4. The summed E-state index contributed by atoms with van der Waals surface area (Å²) in [5.41, 5.74) is -0.419. The topological polar surface area (TPSA) is 52.6 Å². The first-order valence-electron chi connectivity index (χ1n) is 7.62. The van der Waals surface area contributed by atoms with Gasteiger partial charge in [0.15, 0.2) is 0 Å². The summed E-state index contributed by atoms with van der Waals surface area (Å²) < 4.78 is 0. The van der Waals surface area contributed by atoms with Crippen molar-refractivity contribution in [3.63, 3.8) is 0 Å². The summed E-state index contributed by atoms with van der Waals surface area (Å²) in [4.78, 5) is 13.8. The average Bonchev–Trinajstić information content (AvgIpc) is 2.80. The van der Waals surface area contributed by atoms with Crippen LogP contribution in [0.2, 0.25) is 0 Å². The summed E-state index contributed by atoms with van der Waals surface area (Å²) in [6.45, 7) is 11.8. The standard InChI is InChI=1S/C15H30N2O2/c1-5-9-16-14(4,13(18)19)11-17-10-8-15(6-2,7-3)12-17/h16H,5-12H2,1-4H3,(H,18,19). The minimum absolute atomic E-state index is 0.407. The van der Waals surface area contributed by atoms with E-state index in [0.717, 1.165) is 26.1 Å². The molecule has 1 heterocycles. The van der Waals surface area contributed by atoms with E-state index in [9.17, 15) is 9.90 Å². The van der Waals surface area contributed by atoms with Crippen LogP contribution in [-0.2, 0) is 4.79 Å². The Hall–Kier alpha value is -0.610. The van der Waals surface area contributed by atoms with Crippen molar-refractivity contribution >= 4 is 5.97 Å². The van der Waals surface area contributed by atoms with Gasteiger partial charge in [0.05, 0.1) is 0 Å². The largest absolute Gasteiger partial charge is 0.480 e. The van der Waals surface area contributed by atoms with Crippen LogP contribution in [0.5, 0.6) is 0 Å². The molecule has 1 saturated heterocycles. The maximum atomic E-state index is 11.5. The first kappa shape index (κ1) is 16.4. The van der Waals surface area contributed by atoms with E-state index in [1.807, 2.05) is 6.92 Å². The average molecular weight is 270 g/mol. The Labute approximate surface area is 117 Å². The molecule has 1 aliphatic heterocycles. The Morgan fingerprint density at radius 3 is 2.42 bits per heavy atom. The third-order valence-corrected chi connectivity index (χ3v) is 4.79. The van der Waals surface area contributed by atoms with Crippen LogP contribution in [0.3, 0.4) is 0 Å². The first-order valence-corrected chi connectivity index (χ1v) is 7.62. The van der Waals surface area contributed by atoms with Crippen molar-refractivity contribution < 1.29 is 9.90 Å². The smallest absolute Gasteiger partial charge is 0.324 e. The third kappa shape index (κ3) is 3.93. The lowest BCUT2D eigenvalue weighted by Gasteiger charge is -2.32. The minimum Gasteiger partial charge on any atom is -0.480 e. The first-order chi connectivity index (χ1) is 8.91. The van der Waals surface area contributed by atoms with Gasteiger partial charge in [-0.1, -0.05) is 20.8 Å². The van der Waals surface area contributed by atoms with Crippen LogP contribution < -0.4 is 5.32 Å². The van der Waals surface area contributed by atoms with Gasteiger partial charge in [-0.15, -0.1) is 0 Å². The fourth-order valence-corrected chi connectivity index (χ4v) is 3.04. The minimum atomic E-state index is -0.826. The lowest BCUT2D eigenvalue weighted by atomic mass is 9.82. The summed E-state index contributed by atoms with van der Waals surface area (Å²) in [7, 11) is 0. The van der Waals surface area contributed by atoms with Crippen LogP contribution in [0.25, 0.3) is 0 Å². The van der Waals surface area contributed by atoms with Crippen LogP contribution in [0, 0.1) is 5.41 Å². The van der Waals surface area contributed by atoms with Gasteiger partial charge < -0.3 is 15.3 Å². The number of nitrogens with zero attached hydrogens (tertiary/aromatic N) is 1. The molecule has 0 aromatic rings. The number of nitrogens with one attached hydrogen (secondary N) is 1. The molecule has 2 N–H and O–H groups in total. The number of likely N-dealkylation sites (tertiary alicyclic amines) is 1. The molecule has 4 nitrogen and oxygen atoms in total. The molecule has 4 heteroatoms. The highest BCUT2D eigenvalue weighted by Gasteiger charge is 2.40. The highest BCUT2D eigenvalue weighted by Crippen LogP contribution is 2.37. The normalized spacial score (nSPS) is 22.3. The molecule has 0 amide bonds. The number of carboxylic acid groups (broad SMARTS) is 1. The summed E-state index contributed by atoms with van der Waals surface area (Å²) >= 11 is 0. The Morgan fingerprint density at radius 1 is 1.37 bits per heavy atom. The Bertz CT molecular complexity index is 303. The van der Waals surface area contributed by atoms with Gasteiger partial charge in [-0.3, -0.25) is 4.79 Å². The number of hydrogen-bond acceptors (Lipinski definition) is 3. The zero-order valence-corrected chi connectivity index (χ0v) is 13.0. The monoisotopic (exact) mass is 270 g/mol. The predicted molar refractivity (Wildman–Crippen MR) is 78.4 cm³/mol. The van der Waals surface area contributed by atoms with Gasteiger partial charge in [-0.05, 0) is 51.1 Å². The van der Waals surface area contributed by atoms with Gasteiger partial charge in [0, 0.05) is 13.1 Å². The van der Waals surface area contributed by atoms with Crippen molar-refractivity contribution in [3.05, 3.63) is 0 Å². The van der Waals surface area contributed by atoms with E-state index in [1.54, 1.807) is 0 Å². The number of hydrogen-bond donors (Lipinski definition) is 2. The van der Waals surface area contributed by atoms with E-state index < -0.39 is 11.5 Å². The van der Waals surface area contributed by atoms with Crippen molar-refractivity contribution in [2.75, 3.05) is 26.2 Å². The van der Waals surface area contributed by atoms with E-state index in [4.69, 9.17) is 0 Å². The molecule has 0 spiro atoms. The molecule has 0 radical (unpaired) electrons. The summed E-state index contributed by atoms with van der Waals surface area (Å²) in [6, 6.07) is 0. The summed E-state index contributed by atoms with van der Waals surface area (Å²) in [6.07, 6.45) is 4.53. The maximum Gasteiger partial charge on any atom is 0.324 e. The van der Waals surface area contributed by atoms with Crippen molar-refractivity contribution in [2.24, 2.45) is 5.41 Å². The third-order valence-electron chi connectivity index (χ3n) is 4.79. The van der Waals surface area contributed by atoms with Crippen LogP contribution >= 0.6 is 0 Å². The molecule has 19 heavy (non-hydrogen) atoms. The Morgan fingerprint density at radius 2 is 2.00 bits per heavy atom. The van der Waals surface area contributed by atoms with Crippen molar-refractivity contribution in [3.8, 4) is 0 Å². The maximum absolute atomic E-state index is 11.5. The predicted octanol–water partition coefficient (Wildman–Crippen LogP) is 2.34. The number of carbonyl (C=O) groups is 1. The van der Waals surface area contributed by atoms with E-state index in [1.165, 1.54) is 19.3 Å². The Balaban J connectivity index is 2.64. The number of aliphatic carboxylic acids is 1. The second-order valence-corrected chi connectivity index (χ2v) is 6.23. The van der Waals surface area contributed by atoms with Crippen molar-refractivity contribution in [1.82, 2.24) is 10.2 Å². The molecule has 1 fully saturated rings. The van der Waals surface area contributed by atoms with Crippen LogP contribution in [0.15, 0.2) is 0 Å². The summed E-state index contributed by atoms with van der Waals surface area (Å²) in [5, 5.41) is 12.7. The molecule has 1 atom stereocenters. The second-order valence-electron chi connectivity index (χ2n) is 6.23. The van der Waals surface area contributed by atoms with Gasteiger partial charge in [-0.2, -0.15) is 0 Å². The molecule has 1 aliphatic rings. The molecular formula is C15H30N2O2. The molecule has 1 rings (SSSR count).